The van der Waals surface area contributed by atoms with Crippen molar-refractivity contribution < 1.29 is 50.2 Å². The van der Waals surface area contributed by atoms with E-state index < -0.39 is 58.8 Å². The van der Waals surface area contributed by atoms with Crippen molar-refractivity contribution in [2.24, 2.45) is 5.73 Å². The van der Waals surface area contributed by atoms with Gasteiger partial charge in [0.2, 0.25) is 11.5 Å². The van der Waals surface area contributed by atoms with Crippen LogP contribution in [0.5, 0.6) is 5.75 Å². The standard InChI is InChI=1S/C29H22F7N5O4/c1-26(25(37)43)14-45-23-20(26)10-21(40-22(23)15-2-6-18(30)7-3-15)27(44,29(34,35)36)13-38-24(42)16-11-39-41(12-16)19-8-4-17(5-9-19)28(31,32)33/h2-12,44H,13-14H2,1H3,(H2,37,43)(H,38,42)/t26-,27?/m0/s1. The highest BCUT2D eigenvalue weighted by Gasteiger charge is 2.57. The van der Waals surface area contributed by atoms with E-state index in [1.54, 1.807) is 0 Å². The number of halogens is 7. The lowest BCUT2D eigenvalue weighted by atomic mass is 9.81. The van der Waals surface area contributed by atoms with Gasteiger partial charge in [-0.05, 0) is 61.5 Å². The number of carbonyl (C=O) groups is 2. The lowest BCUT2D eigenvalue weighted by Crippen LogP contribution is -2.51. The lowest BCUT2D eigenvalue weighted by molar-refractivity contribution is -0.265. The number of fused-ring (bicyclic) bond motifs is 1. The molecule has 0 saturated carbocycles. The van der Waals surface area contributed by atoms with E-state index in [1.165, 1.54) is 19.1 Å². The number of amides is 2. The van der Waals surface area contributed by atoms with Crippen LogP contribution in [0.15, 0.2) is 67.0 Å². The molecule has 2 aromatic heterocycles. The van der Waals surface area contributed by atoms with E-state index in [0.717, 1.165) is 59.5 Å². The maximum atomic E-state index is 14.6. The van der Waals surface area contributed by atoms with Crippen LogP contribution in [0.25, 0.3) is 16.9 Å². The normalized spacial score (nSPS) is 17.7. The topological polar surface area (TPSA) is 132 Å². The van der Waals surface area contributed by atoms with E-state index >= 15 is 0 Å². The summed E-state index contributed by atoms with van der Waals surface area (Å²) in [5.74, 6) is -2.78. The fraction of sp³-hybridized carbons (Fsp3) is 0.241. The number of primary amides is 1. The molecule has 45 heavy (non-hydrogen) atoms. The molecule has 1 unspecified atom stereocenters. The zero-order valence-electron chi connectivity index (χ0n) is 23.0. The Morgan fingerprint density at radius 1 is 1.07 bits per heavy atom. The van der Waals surface area contributed by atoms with E-state index in [0.29, 0.717) is 0 Å². The molecule has 1 aliphatic rings. The fourth-order valence-electron chi connectivity index (χ4n) is 4.63. The van der Waals surface area contributed by atoms with E-state index in [2.05, 4.69) is 10.1 Å². The number of rotatable bonds is 7. The molecule has 3 heterocycles. The largest absolute Gasteiger partial charge is 0.489 e. The molecule has 4 N–H and O–H groups in total. The van der Waals surface area contributed by atoms with E-state index in [-0.39, 0.29) is 40.4 Å². The van der Waals surface area contributed by atoms with E-state index in [1.807, 2.05) is 5.32 Å². The predicted molar refractivity (Wildman–Crippen MR) is 143 cm³/mol. The van der Waals surface area contributed by atoms with Gasteiger partial charge in [-0.3, -0.25) is 9.59 Å². The number of aromatic nitrogens is 3. The van der Waals surface area contributed by atoms with Crippen molar-refractivity contribution in [3.63, 3.8) is 0 Å². The Labute approximate surface area is 249 Å². The first-order valence-electron chi connectivity index (χ1n) is 13.0. The number of carbonyl (C=O) groups excluding carboxylic acids is 2. The van der Waals surface area contributed by atoms with Gasteiger partial charge in [0, 0.05) is 17.3 Å². The van der Waals surface area contributed by atoms with Crippen molar-refractivity contribution >= 4 is 11.8 Å². The van der Waals surface area contributed by atoms with Gasteiger partial charge < -0.3 is 20.9 Å². The number of benzene rings is 2. The van der Waals surface area contributed by atoms with Gasteiger partial charge in [-0.2, -0.15) is 31.4 Å². The van der Waals surface area contributed by atoms with Crippen molar-refractivity contribution in [1.29, 1.82) is 0 Å². The quantitative estimate of drug-likeness (QED) is 0.258. The highest BCUT2D eigenvalue weighted by atomic mass is 19.4. The summed E-state index contributed by atoms with van der Waals surface area (Å²) < 4.78 is 103. The highest BCUT2D eigenvalue weighted by Crippen LogP contribution is 2.47. The SMILES string of the molecule is C[C@]1(C(N)=O)COc2c1cc(C(O)(CNC(=O)c1cnn(-c3ccc(C(F)(F)F)cc3)c1)C(F)(F)F)nc2-c1ccc(F)cc1. The molecule has 9 nitrogen and oxygen atoms in total. The van der Waals surface area contributed by atoms with Crippen LogP contribution in [0, 0.1) is 5.82 Å². The summed E-state index contributed by atoms with van der Waals surface area (Å²) in [6, 6.07) is 9.06. The van der Waals surface area contributed by atoms with Crippen LogP contribution in [0.3, 0.4) is 0 Å². The van der Waals surface area contributed by atoms with Gasteiger partial charge in [-0.25, -0.2) is 14.1 Å². The minimum absolute atomic E-state index is 0.0871. The summed E-state index contributed by atoms with van der Waals surface area (Å²) in [4.78, 5) is 29.2. The minimum atomic E-state index is -5.44. The molecule has 236 valence electrons. The van der Waals surface area contributed by atoms with Gasteiger partial charge in [-0.1, -0.05) is 0 Å². The highest BCUT2D eigenvalue weighted by molar-refractivity contribution is 5.94. The molecule has 0 saturated heterocycles. The summed E-state index contributed by atoms with van der Waals surface area (Å²) in [7, 11) is 0. The zero-order valence-corrected chi connectivity index (χ0v) is 23.0. The fourth-order valence-corrected chi connectivity index (χ4v) is 4.63. The number of ether oxygens (including phenoxy) is 1. The minimum Gasteiger partial charge on any atom is -0.489 e. The first-order chi connectivity index (χ1) is 20.9. The Morgan fingerprint density at radius 2 is 1.71 bits per heavy atom. The van der Waals surface area contributed by atoms with Crippen molar-refractivity contribution in [2.75, 3.05) is 13.2 Å². The van der Waals surface area contributed by atoms with Crippen molar-refractivity contribution in [3.8, 4) is 22.7 Å². The van der Waals surface area contributed by atoms with Crippen LogP contribution >= 0.6 is 0 Å². The molecule has 0 bridgehead atoms. The number of hydrogen-bond acceptors (Lipinski definition) is 6. The Bertz CT molecular complexity index is 1770. The van der Waals surface area contributed by atoms with Crippen molar-refractivity contribution in [2.45, 2.75) is 30.3 Å². The lowest BCUT2D eigenvalue weighted by Gasteiger charge is -2.31. The number of nitrogens with one attached hydrogen (secondary N) is 1. The van der Waals surface area contributed by atoms with Crippen molar-refractivity contribution in [1.82, 2.24) is 20.1 Å². The summed E-state index contributed by atoms with van der Waals surface area (Å²) in [5, 5.41) is 17.0. The van der Waals surface area contributed by atoms with E-state index in [9.17, 15) is 45.4 Å². The predicted octanol–water partition coefficient (Wildman–Crippen LogP) is 4.41. The average molecular weight is 638 g/mol. The third-order valence-electron chi connectivity index (χ3n) is 7.44. The van der Waals surface area contributed by atoms with Gasteiger partial charge in [0.15, 0.2) is 0 Å². The molecule has 1 aliphatic heterocycles. The summed E-state index contributed by atoms with van der Waals surface area (Å²) in [6.45, 7) is -0.465. The van der Waals surface area contributed by atoms with Crippen molar-refractivity contribution in [3.05, 3.63) is 95.2 Å². The Kier molecular flexibility index (Phi) is 7.59. The van der Waals surface area contributed by atoms with E-state index in [4.69, 9.17) is 10.5 Å². The molecule has 5 rings (SSSR count). The summed E-state index contributed by atoms with van der Waals surface area (Å²) in [6.07, 6.45) is -7.98. The third kappa shape index (κ3) is 5.68. The van der Waals surface area contributed by atoms with Crippen LogP contribution in [0.1, 0.15) is 34.1 Å². The number of aliphatic hydroxyl groups is 1. The van der Waals surface area contributed by atoms with Crippen LogP contribution in [0.4, 0.5) is 30.7 Å². The Morgan fingerprint density at radius 3 is 2.29 bits per heavy atom. The van der Waals surface area contributed by atoms with Crippen LogP contribution in [0.2, 0.25) is 0 Å². The smallest absolute Gasteiger partial charge is 0.424 e. The zero-order chi connectivity index (χ0) is 32.9. The molecular formula is C29H22F7N5O4. The average Bonchev–Trinajstić information content (AvgIpc) is 3.61. The first kappa shape index (κ1) is 31.4. The molecule has 2 atom stereocenters. The van der Waals surface area contributed by atoms with Gasteiger partial charge in [0.05, 0.1) is 35.2 Å². The van der Waals surface area contributed by atoms with Gasteiger partial charge in [-0.15, -0.1) is 0 Å². The summed E-state index contributed by atoms with van der Waals surface area (Å²) >= 11 is 0. The van der Waals surface area contributed by atoms with Crippen LogP contribution in [-0.4, -0.2) is 51.0 Å². The molecule has 0 fully saturated rings. The number of hydrogen-bond donors (Lipinski definition) is 3. The van der Waals surface area contributed by atoms with Crippen LogP contribution in [-0.2, 0) is 22.0 Å². The number of pyridine rings is 1. The molecule has 4 aromatic rings. The molecule has 0 radical (unpaired) electrons. The maximum Gasteiger partial charge on any atom is 0.424 e. The van der Waals surface area contributed by atoms with Crippen LogP contribution < -0.4 is 15.8 Å². The Balaban J connectivity index is 1.48. The molecule has 2 aromatic carbocycles. The number of nitrogens with two attached hydrogens (primary N) is 1. The van der Waals surface area contributed by atoms with Gasteiger partial charge in [0.1, 0.15) is 29.3 Å². The molecule has 16 heteroatoms. The maximum absolute atomic E-state index is 14.6. The molecule has 0 aliphatic carbocycles. The second-order valence-electron chi connectivity index (χ2n) is 10.5. The Hall–Kier alpha value is -4.99. The first-order valence-corrected chi connectivity index (χ1v) is 13.0. The van der Waals surface area contributed by atoms with Gasteiger partial charge >= 0.3 is 12.4 Å². The third-order valence-corrected chi connectivity index (χ3v) is 7.44. The molecular weight excluding hydrogens is 615 g/mol. The monoisotopic (exact) mass is 637 g/mol. The molecule has 0 spiro atoms. The number of alkyl halides is 6. The second kappa shape index (κ2) is 10.9. The molecule has 2 amide bonds. The van der Waals surface area contributed by atoms with Gasteiger partial charge in [0.25, 0.3) is 5.91 Å². The summed E-state index contributed by atoms with van der Waals surface area (Å²) in [5.41, 5.74) is -2.21. The second-order valence-corrected chi connectivity index (χ2v) is 10.5. The number of nitrogens with zero attached hydrogens (tertiary/aromatic N) is 3.